The molecule has 1 fully saturated rings. The van der Waals surface area contributed by atoms with E-state index in [-0.39, 0.29) is 5.56 Å². The number of aromatic nitrogens is 3. The summed E-state index contributed by atoms with van der Waals surface area (Å²) in [4.78, 5) is 25.7. The van der Waals surface area contributed by atoms with Gasteiger partial charge in [-0.05, 0) is 44.2 Å². The van der Waals surface area contributed by atoms with Crippen LogP contribution in [0.5, 0.6) is 0 Å². The van der Waals surface area contributed by atoms with Gasteiger partial charge >= 0.3 is 0 Å². The van der Waals surface area contributed by atoms with Crippen LogP contribution in [0.4, 0.5) is 5.82 Å². The lowest BCUT2D eigenvalue weighted by atomic mass is 9.96. The average molecular weight is 326 g/mol. The lowest BCUT2D eigenvalue weighted by molar-refractivity contribution is 0.435. The minimum absolute atomic E-state index is 0.129. The van der Waals surface area contributed by atoms with E-state index < -0.39 is 0 Å². The largest absolute Gasteiger partial charge is 0.357 e. The van der Waals surface area contributed by atoms with E-state index in [1.54, 1.807) is 0 Å². The van der Waals surface area contributed by atoms with Gasteiger partial charge in [-0.15, -0.1) is 0 Å². The maximum atomic E-state index is 11.6. The summed E-state index contributed by atoms with van der Waals surface area (Å²) in [6, 6.07) is 5.53. The number of rotatable bonds is 4. The third kappa shape index (κ3) is 4.02. The third-order valence-electron chi connectivity index (χ3n) is 4.76. The maximum absolute atomic E-state index is 11.6. The van der Waals surface area contributed by atoms with Gasteiger partial charge < -0.3 is 9.88 Å². The number of aromatic amines is 1. The molecule has 1 N–H and O–H groups in total. The predicted molar refractivity (Wildman–Crippen MR) is 97.3 cm³/mol. The molecule has 2 aromatic rings. The van der Waals surface area contributed by atoms with Crippen LogP contribution in [-0.2, 0) is 0 Å². The molecule has 0 aliphatic carbocycles. The molecule has 0 amide bonds. The Morgan fingerprint density at radius 1 is 1.29 bits per heavy atom. The summed E-state index contributed by atoms with van der Waals surface area (Å²) in [5.41, 5.74) is 1.43. The number of aryl methyl sites for hydroxylation is 1. The van der Waals surface area contributed by atoms with Crippen molar-refractivity contribution >= 4 is 5.82 Å². The number of hydrogen-bond acceptors (Lipinski definition) is 4. The highest BCUT2D eigenvalue weighted by Crippen LogP contribution is 2.25. The molecular weight excluding hydrogens is 300 g/mol. The highest BCUT2D eigenvalue weighted by molar-refractivity contribution is 5.56. The Hall–Kier alpha value is -2.17. The Labute approximate surface area is 143 Å². The van der Waals surface area contributed by atoms with Crippen molar-refractivity contribution < 1.29 is 0 Å². The molecule has 3 rings (SSSR count). The summed E-state index contributed by atoms with van der Waals surface area (Å²) in [5, 5.41) is 0. The summed E-state index contributed by atoms with van der Waals surface area (Å²) in [7, 11) is 0. The second-order valence-corrected chi connectivity index (χ2v) is 6.71. The number of hydrogen-bond donors (Lipinski definition) is 1. The fraction of sp³-hybridized carbons (Fsp3) is 0.526. The first-order valence-electron chi connectivity index (χ1n) is 8.95. The summed E-state index contributed by atoms with van der Waals surface area (Å²) in [6.07, 6.45) is 8.25. The molecule has 0 unspecified atom stereocenters. The van der Waals surface area contributed by atoms with Crippen molar-refractivity contribution in [3.63, 3.8) is 0 Å². The van der Waals surface area contributed by atoms with Crippen LogP contribution >= 0.6 is 0 Å². The molecule has 0 radical (unpaired) electrons. The van der Waals surface area contributed by atoms with Gasteiger partial charge in [-0.1, -0.05) is 19.8 Å². The molecule has 0 spiro atoms. The molecule has 5 heteroatoms. The van der Waals surface area contributed by atoms with Gasteiger partial charge in [0.2, 0.25) is 0 Å². The van der Waals surface area contributed by atoms with Crippen molar-refractivity contribution in [3.05, 3.63) is 40.4 Å². The van der Waals surface area contributed by atoms with Crippen molar-refractivity contribution in [3.8, 4) is 11.4 Å². The van der Waals surface area contributed by atoms with E-state index in [0.29, 0.717) is 11.5 Å². The van der Waals surface area contributed by atoms with Gasteiger partial charge in [-0.3, -0.25) is 4.79 Å². The predicted octanol–water partition coefficient (Wildman–Crippen LogP) is 3.55. The van der Waals surface area contributed by atoms with Crippen LogP contribution < -0.4 is 10.5 Å². The van der Waals surface area contributed by atoms with Gasteiger partial charge in [0.1, 0.15) is 11.6 Å². The van der Waals surface area contributed by atoms with Crippen LogP contribution in [0.1, 0.15) is 44.7 Å². The zero-order valence-corrected chi connectivity index (χ0v) is 14.6. The first-order chi connectivity index (χ1) is 11.7. The first kappa shape index (κ1) is 16.7. The van der Waals surface area contributed by atoms with E-state index in [2.05, 4.69) is 26.8 Å². The molecule has 0 aromatic carbocycles. The Morgan fingerprint density at radius 3 is 2.88 bits per heavy atom. The zero-order valence-electron chi connectivity index (χ0n) is 14.6. The van der Waals surface area contributed by atoms with Crippen molar-refractivity contribution in [1.29, 1.82) is 0 Å². The highest BCUT2D eigenvalue weighted by Gasteiger charge is 2.17. The lowest BCUT2D eigenvalue weighted by Crippen LogP contribution is -2.25. The molecule has 1 aliphatic rings. The summed E-state index contributed by atoms with van der Waals surface area (Å²) in [6.45, 7) is 6.25. The Bertz CT molecular complexity index is 723. The monoisotopic (exact) mass is 326 g/mol. The van der Waals surface area contributed by atoms with E-state index in [1.807, 2.05) is 25.3 Å². The van der Waals surface area contributed by atoms with Gasteiger partial charge in [-0.2, -0.15) is 0 Å². The average Bonchev–Trinajstić information content (AvgIpc) is 2.80. The normalized spacial score (nSPS) is 18.4. The Balaban J connectivity index is 1.73. The van der Waals surface area contributed by atoms with Crippen LogP contribution in [0, 0.1) is 12.8 Å². The molecule has 3 heterocycles. The van der Waals surface area contributed by atoms with Gasteiger partial charge in [0.05, 0.1) is 0 Å². The SMILES string of the molecule is CCC[C@H]1CCCN(c2ccc(-c3nc(C)cc(=O)[nH]3)cn2)CC1. The minimum Gasteiger partial charge on any atom is -0.357 e. The Kier molecular flexibility index (Phi) is 5.28. The van der Waals surface area contributed by atoms with Gasteiger partial charge in [0.25, 0.3) is 5.56 Å². The fourth-order valence-electron chi connectivity index (χ4n) is 3.52. The number of pyridine rings is 1. The van der Waals surface area contributed by atoms with Crippen LogP contribution in [-0.4, -0.2) is 28.0 Å². The quantitative estimate of drug-likeness (QED) is 0.933. The molecular formula is C19H26N4O. The van der Waals surface area contributed by atoms with E-state index >= 15 is 0 Å². The molecule has 0 bridgehead atoms. The van der Waals surface area contributed by atoms with Crippen molar-refractivity contribution in [2.24, 2.45) is 5.92 Å². The van der Waals surface area contributed by atoms with Gasteiger partial charge in [-0.25, -0.2) is 9.97 Å². The second-order valence-electron chi connectivity index (χ2n) is 6.71. The maximum Gasteiger partial charge on any atom is 0.251 e. The molecule has 2 aromatic heterocycles. The van der Waals surface area contributed by atoms with Crippen molar-refractivity contribution in [2.45, 2.75) is 46.0 Å². The van der Waals surface area contributed by atoms with Crippen molar-refractivity contribution in [1.82, 2.24) is 15.0 Å². The number of nitrogens with zero attached hydrogens (tertiary/aromatic N) is 3. The number of anilines is 1. The molecule has 5 nitrogen and oxygen atoms in total. The summed E-state index contributed by atoms with van der Waals surface area (Å²) >= 11 is 0. The van der Waals surface area contributed by atoms with Crippen LogP contribution in [0.15, 0.2) is 29.2 Å². The van der Waals surface area contributed by atoms with E-state index in [0.717, 1.165) is 30.4 Å². The summed E-state index contributed by atoms with van der Waals surface area (Å²) < 4.78 is 0. The fourth-order valence-corrected chi connectivity index (χ4v) is 3.52. The topological polar surface area (TPSA) is 61.9 Å². The molecule has 1 aliphatic heterocycles. The van der Waals surface area contributed by atoms with E-state index in [4.69, 9.17) is 0 Å². The molecule has 0 saturated carbocycles. The third-order valence-corrected chi connectivity index (χ3v) is 4.76. The lowest BCUT2D eigenvalue weighted by Gasteiger charge is -2.21. The first-order valence-corrected chi connectivity index (χ1v) is 8.95. The smallest absolute Gasteiger partial charge is 0.251 e. The standard InChI is InChI=1S/C19H26N4O/c1-3-5-15-6-4-10-23(11-9-15)17-8-7-16(13-20-17)19-21-14(2)12-18(24)22-19/h7-8,12-13,15H,3-6,9-11H2,1-2H3,(H,21,22,24)/t15-/m0/s1. The highest BCUT2D eigenvalue weighted by atomic mass is 16.1. The second kappa shape index (κ2) is 7.60. The Morgan fingerprint density at radius 2 is 2.17 bits per heavy atom. The molecule has 1 atom stereocenters. The van der Waals surface area contributed by atoms with Gasteiger partial charge in [0.15, 0.2) is 0 Å². The van der Waals surface area contributed by atoms with Crippen LogP contribution in [0.2, 0.25) is 0 Å². The molecule has 1 saturated heterocycles. The van der Waals surface area contributed by atoms with E-state index in [9.17, 15) is 4.79 Å². The molecule has 128 valence electrons. The van der Waals surface area contributed by atoms with Crippen LogP contribution in [0.3, 0.4) is 0 Å². The number of H-pyrrole nitrogens is 1. The van der Waals surface area contributed by atoms with Gasteiger partial charge in [0, 0.05) is 36.6 Å². The summed E-state index contributed by atoms with van der Waals surface area (Å²) in [5.74, 6) is 2.46. The molecule has 24 heavy (non-hydrogen) atoms. The van der Waals surface area contributed by atoms with Crippen LogP contribution in [0.25, 0.3) is 11.4 Å². The number of nitrogens with one attached hydrogen (secondary N) is 1. The van der Waals surface area contributed by atoms with E-state index in [1.165, 1.54) is 38.2 Å². The minimum atomic E-state index is -0.129. The zero-order chi connectivity index (χ0) is 16.9. The van der Waals surface area contributed by atoms with Crippen molar-refractivity contribution in [2.75, 3.05) is 18.0 Å².